The molecule has 2 aliphatic rings. The second kappa shape index (κ2) is 7.85. The van der Waals surface area contributed by atoms with Crippen LogP contribution in [0.25, 0.3) is 0 Å². The van der Waals surface area contributed by atoms with Crippen LogP contribution in [-0.2, 0) is 24.2 Å². The van der Waals surface area contributed by atoms with E-state index in [0.29, 0.717) is 0 Å². The van der Waals surface area contributed by atoms with Crippen LogP contribution in [0.5, 0.6) is 0 Å². The second-order valence-corrected chi connectivity index (χ2v) is 7.18. The molecule has 1 aliphatic carbocycles. The van der Waals surface area contributed by atoms with Crippen LogP contribution in [0, 0.1) is 0 Å². The number of rotatable bonds is 4. The van der Waals surface area contributed by atoms with Gasteiger partial charge in [0.05, 0.1) is 0 Å². The number of aromatic nitrogens is 4. The standard InChI is InChI=1S/C19H24N6O2/c26-17(12-25-18(27)6-3-9-22-25)23-14-7-10-24(11-8-14)19-15-4-1-2-5-16(15)20-13-21-19/h3,6,9,13-14H,1-2,4-5,7-8,10-12H2,(H,23,26). The van der Waals surface area contributed by atoms with E-state index in [1.165, 1.54) is 41.0 Å². The predicted octanol–water partition coefficient (Wildman–Crippen LogP) is 0.697. The highest BCUT2D eigenvalue weighted by Crippen LogP contribution is 2.28. The number of nitrogens with zero attached hydrogens (tertiary/aromatic N) is 5. The van der Waals surface area contributed by atoms with Crippen molar-refractivity contribution in [3.05, 3.63) is 46.3 Å². The SMILES string of the molecule is O=C(Cn1ncccc1=O)NC1CCN(c2ncnc3c2CCCC3)CC1. The molecule has 3 heterocycles. The molecule has 0 unspecified atom stereocenters. The normalized spacial score (nSPS) is 17.4. The van der Waals surface area contributed by atoms with Gasteiger partial charge in [0.1, 0.15) is 18.7 Å². The molecule has 1 fully saturated rings. The molecule has 1 amide bonds. The smallest absolute Gasteiger partial charge is 0.267 e. The quantitative estimate of drug-likeness (QED) is 0.854. The van der Waals surface area contributed by atoms with Crippen molar-refractivity contribution in [2.24, 2.45) is 0 Å². The molecule has 8 nitrogen and oxygen atoms in total. The minimum atomic E-state index is -0.268. The molecule has 1 N–H and O–H groups in total. The molecule has 142 valence electrons. The Balaban J connectivity index is 1.34. The van der Waals surface area contributed by atoms with Gasteiger partial charge in [-0.05, 0) is 44.6 Å². The molecule has 0 saturated carbocycles. The first-order chi connectivity index (χ1) is 13.2. The van der Waals surface area contributed by atoms with Crippen molar-refractivity contribution in [2.45, 2.75) is 51.1 Å². The average Bonchev–Trinajstić information content (AvgIpc) is 2.70. The van der Waals surface area contributed by atoms with Gasteiger partial charge < -0.3 is 10.2 Å². The summed E-state index contributed by atoms with van der Waals surface area (Å²) in [5.41, 5.74) is 2.24. The summed E-state index contributed by atoms with van der Waals surface area (Å²) in [5.74, 6) is 0.901. The third-order valence-electron chi connectivity index (χ3n) is 5.34. The van der Waals surface area contributed by atoms with Gasteiger partial charge >= 0.3 is 0 Å². The number of carbonyl (C=O) groups excluding carboxylic acids is 1. The van der Waals surface area contributed by atoms with Crippen LogP contribution in [0.2, 0.25) is 0 Å². The molecule has 1 saturated heterocycles. The molecule has 27 heavy (non-hydrogen) atoms. The molecule has 0 atom stereocenters. The number of nitrogens with one attached hydrogen (secondary N) is 1. The highest BCUT2D eigenvalue weighted by Gasteiger charge is 2.25. The van der Waals surface area contributed by atoms with E-state index in [0.717, 1.165) is 44.6 Å². The topological polar surface area (TPSA) is 93.0 Å². The first kappa shape index (κ1) is 17.6. The van der Waals surface area contributed by atoms with Gasteiger partial charge in [-0.1, -0.05) is 0 Å². The average molecular weight is 368 g/mol. The number of fused-ring (bicyclic) bond motifs is 1. The number of anilines is 1. The van der Waals surface area contributed by atoms with Crippen molar-refractivity contribution in [1.29, 1.82) is 0 Å². The zero-order valence-electron chi connectivity index (χ0n) is 15.3. The lowest BCUT2D eigenvalue weighted by molar-refractivity contribution is -0.122. The fourth-order valence-corrected chi connectivity index (χ4v) is 3.93. The van der Waals surface area contributed by atoms with Crippen LogP contribution < -0.4 is 15.8 Å². The molecule has 0 aromatic carbocycles. The maximum absolute atomic E-state index is 12.2. The molecule has 8 heteroatoms. The Labute approximate surface area is 157 Å². The lowest BCUT2D eigenvalue weighted by Crippen LogP contribution is -2.46. The van der Waals surface area contributed by atoms with E-state index in [9.17, 15) is 9.59 Å². The van der Waals surface area contributed by atoms with E-state index >= 15 is 0 Å². The Kier molecular flexibility index (Phi) is 5.13. The number of piperidine rings is 1. The zero-order valence-corrected chi connectivity index (χ0v) is 15.3. The number of hydrogen-bond acceptors (Lipinski definition) is 6. The molecule has 1 aliphatic heterocycles. The third-order valence-corrected chi connectivity index (χ3v) is 5.34. The molecule has 0 spiro atoms. The summed E-state index contributed by atoms with van der Waals surface area (Å²) >= 11 is 0. The fraction of sp³-hybridized carbons (Fsp3) is 0.526. The predicted molar refractivity (Wildman–Crippen MR) is 101 cm³/mol. The van der Waals surface area contributed by atoms with Crippen LogP contribution in [-0.4, -0.2) is 44.8 Å². The van der Waals surface area contributed by atoms with Crippen molar-refractivity contribution in [1.82, 2.24) is 25.1 Å². The van der Waals surface area contributed by atoms with Gasteiger partial charge in [-0.25, -0.2) is 14.6 Å². The van der Waals surface area contributed by atoms with Crippen molar-refractivity contribution >= 4 is 11.7 Å². The Hall–Kier alpha value is -2.77. The third kappa shape index (κ3) is 3.99. The summed E-state index contributed by atoms with van der Waals surface area (Å²) in [4.78, 5) is 35.2. The summed E-state index contributed by atoms with van der Waals surface area (Å²) in [6, 6.07) is 3.09. The van der Waals surface area contributed by atoms with Crippen LogP contribution in [0.1, 0.15) is 36.9 Å². The highest BCUT2D eigenvalue weighted by molar-refractivity contribution is 5.76. The van der Waals surface area contributed by atoms with Gasteiger partial charge in [0.25, 0.3) is 5.56 Å². The van der Waals surface area contributed by atoms with Gasteiger partial charge in [-0.15, -0.1) is 0 Å². The minimum absolute atomic E-state index is 0.0424. The van der Waals surface area contributed by atoms with E-state index in [2.05, 4.69) is 25.3 Å². The zero-order chi connectivity index (χ0) is 18.6. The fourth-order valence-electron chi connectivity index (χ4n) is 3.93. The Bertz CT molecular complexity index is 872. The van der Waals surface area contributed by atoms with Crippen molar-refractivity contribution in [3.8, 4) is 0 Å². The second-order valence-electron chi connectivity index (χ2n) is 7.18. The molecule has 2 aromatic heterocycles. The van der Waals surface area contributed by atoms with E-state index in [4.69, 9.17) is 0 Å². The summed E-state index contributed by atoms with van der Waals surface area (Å²) < 4.78 is 1.18. The first-order valence-electron chi connectivity index (χ1n) is 9.60. The lowest BCUT2D eigenvalue weighted by Gasteiger charge is -2.35. The van der Waals surface area contributed by atoms with Gasteiger partial charge in [0.15, 0.2) is 0 Å². The minimum Gasteiger partial charge on any atom is -0.356 e. The van der Waals surface area contributed by atoms with Crippen LogP contribution in [0.4, 0.5) is 5.82 Å². The van der Waals surface area contributed by atoms with E-state index < -0.39 is 0 Å². The van der Waals surface area contributed by atoms with Crippen molar-refractivity contribution < 1.29 is 4.79 Å². The van der Waals surface area contributed by atoms with Crippen LogP contribution in [0.15, 0.2) is 29.5 Å². The van der Waals surface area contributed by atoms with E-state index in [1.54, 1.807) is 12.4 Å². The van der Waals surface area contributed by atoms with Crippen molar-refractivity contribution in [2.75, 3.05) is 18.0 Å². The first-order valence-corrected chi connectivity index (χ1v) is 9.60. The van der Waals surface area contributed by atoms with Crippen molar-refractivity contribution in [3.63, 3.8) is 0 Å². The number of amides is 1. The Morgan fingerprint density at radius 2 is 2.00 bits per heavy atom. The Morgan fingerprint density at radius 1 is 1.19 bits per heavy atom. The molecule has 4 rings (SSSR count). The molecule has 0 radical (unpaired) electrons. The monoisotopic (exact) mass is 368 g/mol. The maximum atomic E-state index is 12.2. The molecule has 2 aromatic rings. The molecule has 0 bridgehead atoms. The van der Waals surface area contributed by atoms with Gasteiger partial charge in [-0.3, -0.25) is 9.59 Å². The summed E-state index contributed by atoms with van der Waals surface area (Å²) in [5, 5.41) is 6.96. The van der Waals surface area contributed by atoms with Crippen LogP contribution >= 0.6 is 0 Å². The van der Waals surface area contributed by atoms with Gasteiger partial charge in [0.2, 0.25) is 5.91 Å². The molecular weight excluding hydrogens is 344 g/mol. The number of aryl methyl sites for hydroxylation is 1. The largest absolute Gasteiger partial charge is 0.356 e. The van der Waals surface area contributed by atoms with Gasteiger partial charge in [0, 0.05) is 42.7 Å². The Morgan fingerprint density at radius 3 is 2.81 bits per heavy atom. The molecular formula is C19H24N6O2. The summed E-state index contributed by atoms with van der Waals surface area (Å²) in [6.45, 7) is 1.68. The summed E-state index contributed by atoms with van der Waals surface area (Å²) in [7, 11) is 0. The highest BCUT2D eigenvalue weighted by atomic mass is 16.2. The lowest BCUT2D eigenvalue weighted by atomic mass is 9.95. The van der Waals surface area contributed by atoms with Gasteiger partial charge in [-0.2, -0.15) is 5.10 Å². The van der Waals surface area contributed by atoms with E-state index in [-0.39, 0.29) is 24.1 Å². The maximum Gasteiger partial charge on any atom is 0.267 e. The summed E-state index contributed by atoms with van der Waals surface area (Å²) in [6.07, 6.45) is 9.42. The number of hydrogen-bond donors (Lipinski definition) is 1. The van der Waals surface area contributed by atoms with E-state index in [1.807, 2.05) is 0 Å². The van der Waals surface area contributed by atoms with Crippen LogP contribution in [0.3, 0.4) is 0 Å². The number of carbonyl (C=O) groups is 1.